The summed E-state index contributed by atoms with van der Waals surface area (Å²) in [5.41, 5.74) is 1.80. The molecule has 0 saturated heterocycles. The number of hydrogen-bond donors (Lipinski definition) is 0. The zero-order chi connectivity index (χ0) is 13.3. The van der Waals surface area contributed by atoms with Crippen LogP contribution in [0.4, 0.5) is 0 Å². The molecule has 0 aliphatic heterocycles. The minimum atomic E-state index is -3.35. The van der Waals surface area contributed by atoms with Gasteiger partial charge in [-0.2, -0.15) is 4.31 Å². The van der Waals surface area contributed by atoms with Crippen molar-refractivity contribution in [1.29, 1.82) is 0 Å². The van der Waals surface area contributed by atoms with E-state index in [0.717, 1.165) is 24.0 Å². The van der Waals surface area contributed by atoms with E-state index >= 15 is 0 Å². The van der Waals surface area contributed by atoms with Crippen LogP contribution in [0.5, 0.6) is 0 Å². The maximum atomic E-state index is 12.7. The molecular weight excluding hydrogens is 314 g/mol. The van der Waals surface area contributed by atoms with Crippen molar-refractivity contribution in [3.63, 3.8) is 0 Å². The summed E-state index contributed by atoms with van der Waals surface area (Å²) in [6.07, 6.45) is 1.97. The van der Waals surface area contributed by atoms with Crippen LogP contribution in [0.1, 0.15) is 24.0 Å². The molecule has 0 amide bonds. The van der Waals surface area contributed by atoms with Crippen LogP contribution in [0.3, 0.4) is 0 Å². The van der Waals surface area contributed by atoms with E-state index < -0.39 is 10.0 Å². The smallest absolute Gasteiger partial charge is 0.207 e. The predicted molar refractivity (Wildman–Crippen MR) is 76.6 cm³/mol. The molecule has 2 rings (SSSR count). The van der Waals surface area contributed by atoms with Crippen molar-refractivity contribution in [3.05, 3.63) is 29.3 Å². The molecule has 18 heavy (non-hydrogen) atoms. The van der Waals surface area contributed by atoms with Gasteiger partial charge < -0.3 is 0 Å². The van der Waals surface area contributed by atoms with Crippen LogP contribution in [0.25, 0.3) is 0 Å². The average Bonchev–Trinajstić information content (AvgIpc) is 3.13. The molecule has 0 bridgehead atoms. The molecule has 1 aromatic rings. The van der Waals surface area contributed by atoms with E-state index in [-0.39, 0.29) is 6.04 Å². The Kier molecular flexibility index (Phi) is 4.14. The van der Waals surface area contributed by atoms with Gasteiger partial charge in [-0.25, -0.2) is 8.42 Å². The fraction of sp³-hybridized carbons (Fsp3) is 0.538. The van der Waals surface area contributed by atoms with Crippen molar-refractivity contribution in [1.82, 2.24) is 4.31 Å². The Morgan fingerprint density at radius 1 is 1.33 bits per heavy atom. The van der Waals surface area contributed by atoms with Crippen molar-refractivity contribution in [2.45, 2.75) is 37.6 Å². The summed E-state index contributed by atoms with van der Waals surface area (Å²) < 4.78 is 27.0. The van der Waals surface area contributed by atoms with Crippen molar-refractivity contribution in [2.75, 3.05) is 11.9 Å². The number of aryl methyl sites for hydroxylation is 2. The summed E-state index contributed by atoms with van der Waals surface area (Å²) in [6, 6.07) is 5.79. The van der Waals surface area contributed by atoms with Gasteiger partial charge in [-0.3, -0.25) is 0 Å². The first kappa shape index (κ1) is 14.0. The second-order valence-electron chi connectivity index (χ2n) is 4.80. The van der Waals surface area contributed by atoms with Gasteiger partial charge >= 0.3 is 0 Å². The zero-order valence-corrected chi connectivity index (χ0v) is 13.1. The predicted octanol–water partition coefficient (Wildman–Crippen LogP) is 2.85. The van der Waals surface area contributed by atoms with E-state index in [2.05, 4.69) is 15.9 Å². The molecule has 0 N–H and O–H groups in total. The first-order valence-electron chi connectivity index (χ1n) is 6.12. The van der Waals surface area contributed by atoms with E-state index in [0.29, 0.717) is 16.8 Å². The maximum absolute atomic E-state index is 12.7. The fourth-order valence-corrected chi connectivity index (χ4v) is 4.67. The average molecular weight is 332 g/mol. The molecule has 1 saturated carbocycles. The first-order chi connectivity index (χ1) is 8.46. The van der Waals surface area contributed by atoms with Crippen LogP contribution in [-0.2, 0) is 10.0 Å². The molecule has 0 radical (unpaired) electrons. The molecule has 100 valence electrons. The lowest BCUT2D eigenvalue weighted by molar-refractivity contribution is 0.424. The van der Waals surface area contributed by atoms with Gasteiger partial charge in [0.2, 0.25) is 10.0 Å². The molecule has 1 fully saturated rings. The number of halogens is 1. The third-order valence-electron chi connectivity index (χ3n) is 3.19. The van der Waals surface area contributed by atoms with Gasteiger partial charge in [-0.1, -0.05) is 28.1 Å². The van der Waals surface area contributed by atoms with Crippen LogP contribution in [0, 0.1) is 13.8 Å². The van der Waals surface area contributed by atoms with Crippen molar-refractivity contribution in [2.24, 2.45) is 0 Å². The molecule has 0 aromatic heterocycles. The summed E-state index contributed by atoms with van der Waals surface area (Å²) in [7, 11) is -3.35. The lowest BCUT2D eigenvalue weighted by atomic mass is 10.2. The zero-order valence-electron chi connectivity index (χ0n) is 10.7. The lowest BCUT2D eigenvalue weighted by Crippen LogP contribution is -2.35. The molecule has 3 nitrogen and oxygen atoms in total. The molecule has 1 aliphatic carbocycles. The maximum Gasteiger partial charge on any atom is 0.243 e. The Morgan fingerprint density at radius 2 is 2.00 bits per heavy atom. The second-order valence-corrected chi connectivity index (χ2v) is 7.46. The highest BCUT2D eigenvalue weighted by atomic mass is 79.9. The van der Waals surface area contributed by atoms with Crippen LogP contribution >= 0.6 is 15.9 Å². The highest BCUT2D eigenvalue weighted by molar-refractivity contribution is 9.09. The van der Waals surface area contributed by atoms with Crippen molar-refractivity contribution >= 4 is 26.0 Å². The largest absolute Gasteiger partial charge is 0.243 e. The van der Waals surface area contributed by atoms with Crippen LogP contribution < -0.4 is 0 Å². The van der Waals surface area contributed by atoms with E-state index in [4.69, 9.17) is 0 Å². The first-order valence-corrected chi connectivity index (χ1v) is 8.68. The number of hydrogen-bond acceptors (Lipinski definition) is 2. The Hall–Kier alpha value is -0.390. The molecular formula is C13H18BrNO2S. The minimum Gasteiger partial charge on any atom is -0.207 e. The molecule has 5 heteroatoms. The van der Waals surface area contributed by atoms with Gasteiger partial charge in [0.15, 0.2) is 0 Å². The number of alkyl halides is 1. The third-order valence-corrected chi connectivity index (χ3v) is 5.64. The van der Waals surface area contributed by atoms with Gasteiger partial charge in [0.25, 0.3) is 0 Å². The summed E-state index contributed by atoms with van der Waals surface area (Å²) in [6.45, 7) is 4.32. The summed E-state index contributed by atoms with van der Waals surface area (Å²) in [5, 5.41) is 0.674. The lowest BCUT2D eigenvalue weighted by Gasteiger charge is -2.22. The normalized spacial score (nSPS) is 16.2. The number of benzene rings is 1. The summed E-state index contributed by atoms with van der Waals surface area (Å²) >= 11 is 3.34. The fourth-order valence-electron chi connectivity index (χ4n) is 2.06. The molecule has 1 aliphatic rings. The summed E-state index contributed by atoms with van der Waals surface area (Å²) in [5.74, 6) is 0. The molecule has 0 atom stereocenters. The quantitative estimate of drug-likeness (QED) is 0.778. The van der Waals surface area contributed by atoms with Gasteiger partial charge in [0.1, 0.15) is 0 Å². The van der Waals surface area contributed by atoms with E-state index in [1.807, 2.05) is 26.0 Å². The van der Waals surface area contributed by atoms with Crippen molar-refractivity contribution < 1.29 is 8.42 Å². The minimum absolute atomic E-state index is 0.201. The van der Waals surface area contributed by atoms with E-state index in [9.17, 15) is 8.42 Å². The van der Waals surface area contributed by atoms with E-state index in [1.165, 1.54) is 0 Å². The monoisotopic (exact) mass is 331 g/mol. The Bertz CT molecular complexity index is 538. The second kappa shape index (κ2) is 5.31. The Labute approximate surface area is 117 Å². The van der Waals surface area contributed by atoms with Gasteiger partial charge in [-0.15, -0.1) is 0 Å². The Morgan fingerprint density at radius 3 is 2.56 bits per heavy atom. The van der Waals surface area contributed by atoms with Gasteiger partial charge in [-0.05, 0) is 43.9 Å². The topological polar surface area (TPSA) is 37.4 Å². The van der Waals surface area contributed by atoms with Crippen molar-refractivity contribution in [3.8, 4) is 0 Å². The van der Waals surface area contributed by atoms with Gasteiger partial charge in [0.05, 0.1) is 4.90 Å². The van der Waals surface area contributed by atoms with E-state index in [1.54, 1.807) is 10.4 Å². The third kappa shape index (κ3) is 2.78. The molecule has 0 spiro atoms. The highest BCUT2D eigenvalue weighted by Crippen LogP contribution is 2.33. The number of nitrogens with zero attached hydrogens (tertiary/aromatic N) is 1. The number of rotatable bonds is 5. The molecule has 1 aromatic carbocycles. The number of sulfonamides is 1. The van der Waals surface area contributed by atoms with Crippen LogP contribution in [-0.4, -0.2) is 30.6 Å². The van der Waals surface area contributed by atoms with Crippen LogP contribution in [0.2, 0.25) is 0 Å². The Balaban J connectivity index is 2.42. The SMILES string of the molecule is Cc1ccc(C)c(S(=O)(=O)N(CCBr)C2CC2)c1. The molecule has 0 heterocycles. The molecule has 0 unspecified atom stereocenters. The summed E-state index contributed by atoms with van der Waals surface area (Å²) in [4.78, 5) is 0.454. The van der Waals surface area contributed by atoms with Gasteiger partial charge in [0, 0.05) is 17.9 Å². The van der Waals surface area contributed by atoms with Crippen LogP contribution in [0.15, 0.2) is 23.1 Å². The highest BCUT2D eigenvalue weighted by Gasteiger charge is 2.38. The standard InChI is InChI=1S/C13H18BrNO2S/c1-10-3-4-11(2)13(9-10)18(16,17)15(8-7-14)12-5-6-12/h3-4,9,12H,5-8H2,1-2H3.